The number of hydrogen-bond acceptors (Lipinski definition) is 5. The molecule has 0 amide bonds. The first kappa shape index (κ1) is 32.8. The van der Waals surface area contributed by atoms with E-state index in [-0.39, 0.29) is 41.9 Å². The zero-order valence-corrected chi connectivity index (χ0v) is 24.8. The molecule has 10 heteroatoms. The molecule has 0 aliphatic rings. The van der Waals surface area contributed by atoms with Gasteiger partial charge in [-0.15, -0.1) is 0 Å². The van der Waals surface area contributed by atoms with Crippen molar-refractivity contribution in [2.75, 3.05) is 26.4 Å². The Morgan fingerprint density at radius 1 is 0.564 bits per heavy atom. The zero-order valence-electron chi connectivity index (χ0n) is 22.2. The first-order chi connectivity index (χ1) is 17.8. The first-order valence-corrected chi connectivity index (χ1v) is 12.8. The van der Waals surface area contributed by atoms with Crippen LogP contribution in [0.25, 0.3) is 45.1 Å². The van der Waals surface area contributed by atoms with Crippen LogP contribution in [0.5, 0.6) is 0 Å². The molecule has 0 atom stereocenters. The van der Waals surface area contributed by atoms with E-state index in [1.165, 1.54) is 0 Å². The van der Waals surface area contributed by atoms with Crippen LogP contribution in [0.1, 0.15) is 26.7 Å². The molecule has 0 bridgehead atoms. The van der Waals surface area contributed by atoms with E-state index in [1.807, 2.05) is 54.6 Å². The van der Waals surface area contributed by atoms with Crippen LogP contribution in [0.3, 0.4) is 0 Å². The molecular weight excluding hydrogens is 577 g/mol. The third kappa shape index (κ3) is 7.40. The maximum Gasteiger partial charge on any atom is 2.00 e. The minimum Gasteiger partial charge on any atom is -1.00 e. The summed E-state index contributed by atoms with van der Waals surface area (Å²) in [5, 5.41) is 0. The number of aromatic nitrogens is 5. The van der Waals surface area contributed by atoms with Crippen LogP contribution in [0.2, 0.25) is 0 Å². The van der Waals surface area contributed by atoms with Gasteiger partial charge in [-0.2, -0.15) is 0 Å². The number of halogens is 2. The molecule has 3 heterocycles. The Kier molecular flexibility index (Phi) is 13.4. The summed E-state index contributed by atoms with van der Waals surface area (Å²) in [6, 6.07) is 22.5. The summed E-state index contributed by atoms with van der Waals surface area (Å²) in [7, 11) is 0. The van der Waals surface area contributed by atoms with Crippen LogP contribution < -0.4 is 24.8 Å². The third-order valence-corrected chi connectivity index (χ3v) is 6.13. The fourth-order valence-corrected chi connectivity index (χ4v) is 4.48. The van der Waals surface area contributed by atoms with Gasteiger partial charge in [0.1, 0.15) is 11.4 Å². The number of hydrogen-bond donors (Lipinski definition) is 0. The van der Waals surface area contributed by atoms with E-state index < -0.39 is 0 Å². The molecule has 3 aromatic heterocycles. The van der Waals surface area contributed by atoms with Crippen LogP contribution in [-0.2, 0) is 39.6 Å². The predicted molar refractivity (Wildman–Crippen MR) is 144 cm³/mol. The van der Waals surface area contributed by atoms with Gasteiger partial charge in [0, 0.05) is 26.3 Å². The van der Waals surface area contributed by atoms with Crippen molar-refractivity contribution in [1.82, 2.24) is 24.1 Å². The third-order valence-electron chi connectivity index (χ3n) is 6.13. The summed E-state index contributed by atoms with van der Waals surface area (Å²) in [5.74, 6) is 1.68. The molecule has 0 fully saturated rings. The van der Waals surface area contributed by atoms with Crippen LogP contribution in [0.4, 0.5) is 0 Å². The molecule has 39 heavy (non-hydrogen) atoms. The molecule has 0 aliphatic carbocycles. The van der Waals surface area contributed by atoms with Crippen molar-refractivity contribution in [3.05, 3.63) is 66.7 Å². The Morgan fingerprint density at radius 2 is 1.00 bits per heavy atom. The normalized spacial score (nSPS) is 10.7. The molecule has 0 radical (unpaired) electrons. The number of fused-ring (bicyclic) bond motifs is 2. The Balaban J connectivity index is 0.00000178. The minimum atomic E-state index is 0. The molecule has 7 nitrogen and oxygen atoms in total. The minimum absolute atomic E-state index is 0. The summed E-state index contributed by atoms with van der Waals surface area (Å²) in [6.45, 7) is 8.46. The molecule has 208 valence electrons. The summed E-state index contributed by atoms with van der Waals surface area (Å²) in [6.07, 6.45) is 2.01. The molecule has 5 aromatic rings. The number of nitrogens with zero attached hydrogens (tertiary/aromatic N) is 5. The molecule has 0 unspecified atom stereocenters. The molecule has 0 aliphatic heterocycles. The van der Waals surface area contributed by atoms with Crippen LogP contribution in [0.15, 0.2) is 66.7 Å². The summed E-state index contributed by atoms with van der Waals surface area (Å²) >= 11 is 0. The monoisotopic (exact) mass is 609 g/mol. The average Bonchev–Trinajstić information content (AvgIpc) is 3.48. The van der Waals surface area contributed by atoms with E-state index in [9.17, 15) is 0 Å². The van der Waals surface area contributed by atoms with Gasteiger partial charge in [-0.3, -0.25) is 0 Å². The quantitative estimate of drug-likeness (QED) is 0.147. The van der Waals surface area contributed by atoms with Crippen molar-refractivity contribution in [2.24, 2.45) is 0 Å². The predicted octanol–water partition coefficient (Wildman–Crippen LogP) is -0.0263. The standard InChI is InChI=1S/C29H33N5O2.2ClH.Fe/c1-3-18-35-20-16-33-26-14-7-5-10-22(26)31-28(33)24-12-9-13-25(30-24)29-32-23-11-6-8-15-27(23)34(29)17-21-36-19-4-2;;;/h5-15H,3-4,16-21H2,1-2H3;2*1H;/q;;;+2/p-2. The van der Waals surface area contributed by atoms with E-state index in [4.69, 9.17) is 24.4 Å². The fraction of sp³-hybridized carbons (Fsp3) is 0.345. The number of benzene rings is 2. The van der Waals surface area contributed by atoms with E-state index in [0.717, 1.165) is 84.2 Å². The maximum atomic E-state index is 5.80. The van der Waals surface area contributed by atoms with E-state index in [0.29, 0.717) is 13.2 Å². The van der Waals surface area contributed by atoms with Crippen molar-refractivity contribution in [3.63, 3.8) is 0 Å². The van der Waals surface area contributed by atoms with Gasteiger partial charge in [0.05, 0.1) is 35.3 Å². The Morgan fingerprint density at radius 3 is 1.44 bits per heavy atom. The van der Waals surface area contributed by atoms with Crippen LogP contribution >= 0.6 is 0 Å². The van der Waals surface area contributed by atoms with E-state index in [1.54, 1.807) is 0 Å². The van der Waals surface area contributed by atoms with Gasteiger partial charge in [-0.1, -0.05) is 44.2 Å². The zero-order chi connectivity index (χ0) is 24.7. The number of pyridine rings is 1. The average molecular weight is 610 g/mol. The van der Waals surface area contributed by atoms with Gasteiger partial charge < -0.3 is 43.4 Å². The number of para-hydroxylation sites is 4. The summed E-state index contributed by atoms with van der Waals surface area (Å²) in [4.78, 5) is 15.0. The van der Waals surface area contributed by atoms with Crippen molar-refractivity contribution in [1.29, 1.82) is 0 Å². The maximum absolute atomic E-state index is 5.80. The molecule has 0 saturated heterocycles. The van der Waals surface area contributed by atoms with Gasteiger partial charge in [-0.05, 0) is 49.2 Å². The van der Waals surface area contributed by atoms with E-state index >= 15 is 0 Å². The first-order valence-electron chi connectivity index (χ1n) is 12.8. The van der Waals surface area contributed by atoms with Gasteiger partial charge in [-0.25, -0.2) is 15.0 Å². The fourth-order valence-electron chi connectivity index (χ4n) is 4.48. The second-order valence-electron chi connectivity index (χ2n) is 8.78. The number of rotatable bonds is 12. The molecule has 2 aromatic carbocycles. The van der Waals surface area contributed by atoms with Crippen LogP contribution in [-0.4, -0.2) is 50.5 Å². The molecule has 0 N–H and O–H groups in total. The second kappa shape index (κ2) is 16.0. The van der Waals surface area contributed by atoms with Crippen molar-refractivity contribution >= 4 is 22.1 Å². The van der Waals surface area contributed by atoms with Crippen molar-refractivity contribution in [2.45, 2.75) is 39.8 Å². The summed E-state index contributed by atoms with van der Waals surface area (Å²) in [5.41, 5.74) is 5.71. The van der Waals surface area contributed by atoms with Gasteiger partial charge in [0.25, 0.3) is 0 Å². The Bertz CT molecular complexity index is 1350. The van der Waals surface area contributed by atoms with Crippen molar-refractivity contribution in [3.8, 4) is 23.0 Å². The van der Waals surface area contributed by atoms with E-state index in [2.05, 4.69) is 35.1 Å². The SMILES string of the molecule is CCCOCCn1c(-c2cccc(-c3nc4ccccc4n3CCOCCC)n2)nc2ccccc21.[Cl-].[Cl-].[Fe+2]. The van der Waals surface area contributed by atoms with Gasteiger partial charge in [0.15, 0.2) is 11.6 Å². The topological polar surface area (TPSA) is 67.0 Å². The summed E-state index contributed by atoms with van der Waals surface area (Å²) < 4.78 is 16.0. The molecule has 5 rings (SSSR count). The number of ether oxygens (including phenoxy) is 2. The molecule has 0 spiro atoms. The Hall–Kier alpha value is -2.45. The number of imidazole rings is 2. The van der Waals surface area contributed by atoms with Crippen LogP contribution in [0, 0.1) is 0 Å². The molecule has 0 saturated carbocycles. The van der Waals surface area contributed by atoms with Gasteiger partial charge >= 0.3 is 17.1 Å². The Labute approximate surface area is 252 Å². The smallest absolute Gasteiger partial charge is 1.00 e. The largest absolute Gasteiger partial charge is 2.00 e. The second-order valence-corrected chi connectivity index (χ2v) is 8.78. The molecular formula is C29H33Cl2FeN5O2. The van der Waals surface area contributed by atoms with Gasteiger partial charge in [0.2, 0.25) is 0 Å². The van der Waals surface area contributed by atoms with Crippen molar-refractivity contribution < 1.29 is 51.4 Å².